The lowest BCUT2D eigenvalue weighted by atomic mass is 9.78. The SMILES string of the molecule is Cc1sc2nc(SCC(=O)NC3CCCC(C)C3C)n(C)c(=O)c2c1C. The summed E-state index contributed by atoms with van der Waals surface area (Å²) in [6.45, 7) is 8.46. The standard InChI is InChI=1S/C19H27N3O2S2/c1-10-7-6-8-14(11(10)2)20-15(23)9-25-19-21-17-16(18(24)22(19)5)12(3)13(4)26-17/h10-11,14H,6-9H2,1-5H3,(H,20,23). The average Bonchev–Trinajstić information content (AvgIpc) is 2.88. The third-order valence-corrected chi connectivity index (χ3v) is 7.89. The molecular weight excluding hydrogens is 366 g/mol. The first-order chi connectivity index (χ1) is 12.3. The van der Waals surface area contributed by atoms with Gasteiger partial charge in [0.05, 0.1) is 11.1 Å². The van der Waals surface area contributed by atoms with E-state index in [0.717, 1.165) is 21.7 Å². The Morgan fingerprint density at radius 1 is 1.35 bits per heavy atom. The van der Waals surface area contributed by atoms with Crippen molar-refractivity contribution < 1.29 is 4.79 Å². The van der Waals surface area contributed by atoms with Crippen LogP contribution in [0.2, 0.25) is 0 Å². The molecule has 0 aliphatic heterocycles. The number of fused-ring (bicyclic) bond motifs is 1. The van der Waals surface area contributed by atoms with E-state index in [0.29, 0.717) is 22.4 Å². The quantitative estimate of drug-likeness (QED) is 0.636. The number of aromatic nitrogens is 2. The summed E-state index contributed by atoms with van der Waals surface area (Å²) in [5.41, 5.74) is 0.974. The second-order valence-corrected chi connectivity index (χ2v) is 9.60. The number of thioether (sulfide) groups is 1. The van der Waals surface area contributed by atoms with Gasteiger partial charge in [-0.2, -0.15) is 0 Å². The molecule has 0 spiro atoms. The minimum Gasteiger partial charge on any atom is -0.352 e. The summed E-state index contributed by atoms with van der Waals surface area (Å²) in [5, 5.41) is 4.48. The first-order valence-corrected chi connectivity index (χ1v) is 11.0. The van der Waals surface area contributed by atoms with Crippen molar-refractivity contribution in [2.45, 2.75) is 58.2 Å². The molecule has 1 aliphatic carbocycles. The second kappa shape index (κ2) is 7.72. The van der Waals surface area contributed by atoms with E-state index in [4.69, 9.17) is 0 Å². The van der Waals surface area contributed by atoms with Gasteiger partial charge in [0.25, 0.3) is 5.56 Å². The van der Waals surface area contributed by atoms with Crippen molar-refractivity contribution in [3.63, 3.8) is 0 Å². The van der Waals surface area contributed by atoms with Crippen molar-refractivity contribution in [3.05, 3.63) is 20.8 Å². The van der Waals surface area contributed by atoms with E-state index >= 15 is 0 Å². The Hall–Kier alpha value is -1.34. The van der Waals surface area contributed by atoms with Crippen LogP contribution in [0.3, 0.4) is 0 Å². The highest BCUT2D eigenvalue weighted by Gasteiger charge is 2.28. The molecule has 1 fully saturated rings. The van der Waals surface area contributed by atoms with Crippen molar-refractivity contribution in [2.75, 3.05) is 5.75 Å². The van der Waals surface area contributed by atoms with Gasteiger partial charge in [-0.25, -0.2) is 4.98 Å². The maximum atomic E-state index is 12.6. The van der Waals surface area contributed by atoms with Gasteiger partial charge in [0, 0.05) is 18.0 Å². The van der Waals surface area contributed by atoms with Gasteiger partial charge in [-0.3, -0.25) is 14.2 Å². The van der Waals surface area contributed by atoms with Crippen molar-refractivity contribution in [2.24, 2.45) is 18.9 Å². The molecular formula is C19H27N3O2S2. The lowest BCUT2D eigenvalue weighted by molar-refractivity contribution is -0.120. The number of carbonyl (C=O) groups excluding carboxylic acids is 1. The Labute approximate surface area is 162 Å². The van der Waals surface area contributed by atoms with Gasteiger partial charge in [0.2, 0.25) is 5.91 Å². The van der Waals surface area contributed by atoms with Crippen molar-refractivity contribution in [1.29, 1.82) is 0 Å². The zero-order chi connectivity index (χ0) is 19.0. The number of hydrogen-bond donors (Lipinski definition) is 1. The molecule has 3 unspecified atom stereocenters. The monoisotopic (exact) mass is 393 g/mol. The maximum absolute atomic E-state index is 12.6. The molecule has 5 nitrogen and oxygen atoms in total. The smallest absolute Gasteiger partial charge is 0.262 e. The maximum Gasteiger partial charge on any atom is 0.262 e. The highest BCUT2D eigenvalue weighted by molar-refractivity contribution is 7.99. The topological polar surface area (TPSA) is 64.0 Å². The lowest BCUT2D eigenvalue weighted by Gasteiger charge is -2.34. The molecule has 142 valence electrons. The minimum atomic E-state index is -0.0329. The van der Waals surface area contributed by atoms with Gasteiger partial charge in [-0.1, -0.05) is 38.5 Å². The van der Waals surface area contributed by atoms with E-state index in [2.05, 4.69) is 24.1 Å². The van der Waals surface area contributed by atoms with Gasteiger partial charge < -0.3 is 5.32 Å². The summed E-state index contributed by atoms with van der Waals surface area (Å²) in [4.78, 5) is 31.6. The van der Waals surface area contributed by atoms with Crippen molar-refractivity contribution >= 4 is 39.2 Å². The molecule has 26 heavy (non-hydrogen) atoms. The molecule has 2 heterocycles. The molecule has 3 rings (SSSR count). The van der Waals surface area contributed by atoms with Crippen LogP contribution in [0.5, 0.6) is 0 Å². The molecule has 1 saturated carbocycles. The van der Waals surface area contributed by atoms with E-state index in [1.165, 1.54) is 24.6 Å². The Morgan fingerprint density at radius 2 is 2.08 bits per heavy atom. The van der Waals surface area contributed by atoms with E-state index in [1.54, 1.807) is 23.0 Å². The number of rotatable bonds is 4. The third kappa shape index (κ3) is 3.69. The Kier molecular flexibility index (Phi) is 5.77. The molecule has 0 bridgehead atoms. The van der Waals surface area contributed by atoms with E-state index < -0.39 is 0 Å². The second-order valence-electron chi connectivity index (χ2n) is 7.45. The van der Waals surface area contributed by atoms with E-state index in [-0.39, 0.29) is 23.3 Å². The summed E-state index contributed by atoms with van der Waals surface area (Å²) in [6.07, 6.45) is 3.47. The Morgan fingerprint density at radius 3 is 2.81 bits per heavy atom. The zero-order valence-electron chi connectivity index (χ0n) is 16.1. The van der Waals surface area contributed by atoms with Crippen molar-refractivity contribution in [3.8, 4) is 0 Å². The fourth-order valence-electron chi connectivity index (χ4n) is 3.65. The molecule has 3 atom stereocenters. The van der Waals surface area contributed by atoms with Crippen LogP contribution in [-0.4, -0.2) is 27.3 Å². The summed E-state index contributed by atoms with van der Waals surface area (Å²) < 4.78 is 1.56. The summed E-state index contributed by atoms with van der Waals surface area (Å²) in [6, 6.07) is 0.258. The van der Waals surface area contributed by atoms with Crippen LogP contribution in [0.15, 0.2) is 9.95 Å². The fourth-order valence-corrected chi connectivity index (χ4v) is 5.50. The third-order valence-electron chi connectivity index (χ3n) is 5.75. The largest absolute Gasteiger partial charge is 0.352 e. The van der Waals surface area contributed by atoms with Gasteiger partial charge in [-0.15, -0.1) is 11.3 Å². The first-order valence-electron chi connectivity index (χ1n) is 9.18. The van der Waals surface area contributed by atoms with E-state index in [9.17, 15) is 9.59 Å². The molecule has 2 aromatic rings. The fraction of sp³-hybridized carbons (Fsp3) is 0.632. The Balaban J connectivity index is 1.70. The predicted octanol–water partition coefficient (Wildman–Crippen LogP) is 3.64. The van der Waals surface area contributed by atoms with Crippen LogP contribution in [0.25, 0.3) is 10.2 Å². The number of amides is 1. The van der Waals surface area contributed by atoms with Crippen LogP contribution < -0.4 is 10.9 Å². The summed E-state index contributed by atoms with van der Waals surface area (Å²) >= 11 is 2.88. The molecule has 1 aliphatic rings. The molecule has 1 amide bonds. The van der Waals surface area contributed by atoms with E-state index in [1.807, 2.05) is 13.8 Å². The van der Waals surface area contributed by atoms with Gasteiger partial charge >= 0.3 is 0 Å². The number of thiophene rings is 1. The van der Waals surface area contributed by atoms with Crippen LogP contribution >= 0.6 is 23.1 Å². The van der Waals surface area contributed by atoms with Crippen LogP contribution in [0, 0.1) is 25.7 Å². The Bertz CT molecular complexity index is 887. The molecule has 0 saturated heterocycles. The molecule has 1 N–H and O–H groups in total. The summed E-state index contributed by atoms with van der Waals surface area (Å²) in [7, 11) is 1.73. The number of aryl methyl sites for hydroxylation is 2. The normalized spacial score (nSPS) is 23.3. The highest BCUT2D eigenvalue weighted by Crippen LogP contribution is 2.30. The first kappa shape index (κ1) is 19.4. The van der Waals surface area contributed by atoms with Crippen molar-refractivity contribution in [1.82, 2.24) is 14.9 Å². The van der Waals surface area contributed by atoms with Gasteiger partial charge in [0.1, 0.15) is 4.83 Å². The lowest BCUT2D eigenvalue weighted by Crippen LogP contribution is -2.44. The number of hydrogen-bond acceptors (Lipinski definition) is 5. The summed E-state index contributed by atoms with van der Waals surface area (Å²) in [5.74, 6) is 1.46. The van der Waals surface area contributed by atoms with Gasteiger partial charge in [0.15, 0.2) is 5.16 Å². The predicted molar refractivity (Wildman–Crippen MR) is 109 cm³/mol. The number of carbonyl (C=O) groups is 1. The van der Waals surface area contributed by atoms with Crippen LogP contribution in [-0.2, 0) is 11.8 Å². The van der Waals surface area contributed by atoms with Crippen LogP contribution in [0.1, 0.15) is 43.6 Å². The number of nitrogens with one attached hydrogen (secondary N) is 1. The number of nitrogens with zero attached hydrogens (tertiary/aromatic N) is 2. The molecule has 0 aromatic carbocycles. The zero-order valence-corrected chi connectivity index (χ0v) is 17.7. The minimum absolute atomic E-state index is 0.0221. The van der Waals surface area contributed by atoms with Crippen LogP contribution in [0.4, 0.5) is 0 Å². The van der Waals surface area contributed by atoms with Gasteiger partial charge in [-0.05, 0) is 37.7 Å². The highest BCUT2D eigenvalue weighted by atomic mass is 32.2. The molecule has 2 aromatic heterocycles. The molecule has 7 heteroatoms. The molecule has 0 radical (unpaired) electrons. The average molecular weight is 394 g/mol.